The monoisotopic (exact) mass is 276 g/mol. The van der Waals surface area contributed by atoms with E-state index in [9.17, 15) is 4.79 Å². The third-order valence-corrected chi connectivity index (χ3v) is 3.29. The van der Waals surface area contributed by atoms with E-state index in [2.05, 4.69) is 11.9 Å². The van der Waals surface area contributed by atoms with Crippen molar-refractivity contribution in [3.05, 3.63) is 29.6 Å². The molecule has 0 saturated carbocycles. The number of hydrogen-bond acceptors (Lipinski definition) is 3. The summed E-state index contributed by atoms with van der Waals surface area (Å²) in [5.74, 6) is -0.0434. The molecular weight excluding hydrogens is 256 g/mol. The highest BCUT2D eigenvalue weighted by Crippen LogP contribution is 2.18. The molecule has 0 aliphatic heterocycles. The summed E-state index contributed by atoms with van der Waals surface area (Å²) in [4.78, 5) is 15.5. The molecule has 0 aliphatic rings. The van der Waals surface area contributed by atoms with Gasteiger partial charge in [0.15, 0.2) is 0 Å². The van der Waals surface area contributed by atoms with Crippen molar-refractivity contribution < 1.29 is 14.6 Å². The first-order chi connectivity index (χ1) is 9.63. The highest BCUT2D eigenvalue weighted by molar-refractivity contribution is 5.92. The summed E-state index contributed by atoms with van der Waals surface area (Å²) in [5, 5.41) is 9.06. The summed E-state index contributed by atoms with van der Waals surface area (Å²) in [6.07, 6.45) is 2.18. The van der Waals surface area contributed by atoms with Crippen LogP contribution in [0.25, 0.3) is 11.0 Å². The second-order valence-corrected chi connectivity index (χ2v) is 4.79. The van der Waals surface area contributed by atoms with E-state index in [1.165, 1.54) is 0 Å². The van der Waals surface area contributed by atoms with Crippen LogP contribution in [0.5, 0.6) is 0 Å². The second-order valence-electron chi connectivity index (χ2n) is 4.79. The Morgan fingerprint density at radius 1 is 1.40 bits per heavy atom. The van der Waals surface area contributed by atoms with Gasteiger partial charge in [-0.15, -0.1) is 0 Å². The molecule has 0 aliphatic carbocycles. The average molecular weight is 276 g/mol. The zero-order chi connectivity index (χ0) is 14.5. The van der Waals surface area contributed by atoms with Gasteiger partial charge in [-0.1, -0.05) is 13.3 Å². The van der Waals surface area contributed by atoms with Crippen LogP contribution < -0.4 is 0 Å². The smallest absolute Gasteiger partial charge is 0.335 e. The standard InChI is InChI=1S/C15H20N2O3/c1-3-4-8-20-9-7-17-11(2)16-13-6-5-12(15(18)19)10-14(13)17/h5-6,10H,3-4,7-9H2,1-2H3,(H,18,19). The second kappa shape index (κ2) is 6.52. The SMILES string of the molecule is CCCCOCCn1c(C)nc2ccc(C(=O)O)cc21. The average Bonchev–Trinajstić information content (AvgIpc) is 2.73. The Morgan fingerprint density at radius 2 is 2.20 bits per heavy atom. The number of benzene rings is 1. The van der Waals surface area contributed by atoms with E-state index >= 15 is 0 Å². The maximum Gasteiger partial charge on any atom is 0.335 e. The van der Waals surface area contributed by atoms with Crippen molar-refractivity contribution in [1.82, 2.24) is 9.55 Å². The van der Waals surface area contributed by atoms with Crippen LogP contribution in [0.3, 0.4) is 0 Å². The van der Waals surface area contributed by atoms with Gasteiger partial charge in [-0.3, -0.25) is 0 Å². The van der Waals surface area contributed by atoms with Gasteiger partial charge in [0.1, 0.15) is 5.82 Å². The van der Waals surface area contributed by atoms with Crippen molar-refractivity contribution in [2.75, 3.05) is 13.2 Å². The quantitative estimate of drug-likeness (QED) is 0.790. The molecule has 0 spiro atoms. The molecule has 2 rings (SSSR count). The molecule has 1 aromatic heterocycles. The number of imidazole rings is 1. The molecule has 1 heterocycles. The van der Waals surface area contributed by atoms with Crippen molar-refractivity contribution in [3.8, 4) is 0 Å². The van der Waals surface area contributed by atoms with Gasteiger partial charge in [-0.2, -0.15) is 0 Å². The lowest BCUT2D eigenvalue weighted by molar-refractivity contribution is 0.0697. The number of carbonyl (C=O) groups is 1. The van der Waals surface area contributed by atoms with E-state index < -0.39 is 5.97 Å². The summed E-state index contributed by atoms with van der Waals surface area (Å²) < 4.78 is 7.57. The Labute approximate surface area is 118 Å². The maximum absolute atomic E-state index is 11.0. The van der Waals surface area contributed by atoms with Gasteiger partial charge in [-0.25, -0.2) is 9.78 Å². The lowest BCUT2D eigenvalue weighted by Crippen LogP contribution is -2.08. The minimum atomic E-state index is -0.920. The first kappa shape index (κ1) is 14.5. The lowest BCUT2D eigenvalue weighted by Gasteiger charge is -2.08. The number of unbranched alkanes of at least 4 members (excludes halogenated alkanes) is 1. The van der Waals surface area contributed by atoms with Gasteiger partial charge in [0.25, 0.3) is 0 Å². The number of ether oxygens (including phenoxy) is 1. The maximum atomic E-state index is 11.0. The van der Waals surface area contributed by atoms with Gasteiger partial charge in [-0.05, 0) is 31.5 Å². The Hall–Kier alpha value is -1.88. The Balaban J connectivity index is 2.16. The van der Waals surface area contributed by atoms with Crippen molar-refractivity contribution in [2.24, 2.45) is 0 Å². The van der Waals surface area contributed by atoms with Crippen LogP contribution in [0, 0.1) is 6.92 Å². The summed E-state index contributed by atoms with van der Waals surface area (Å²) in [5.41, 5.74) is 1.95. The fourth-order valence-electron chi connectivity index (χ4n) is 2.16. The molecule has 0 bridgehead atoms. The molecule has 0 unspecified atom stereocenters. The normalized spacial score (nSPS) is 11.1. The van der Waals surface area contributed by atoms with E-state index in [0.29, 0.717) is 13.2 Å². The Morgan fingerprint density at radius 3 is 2.90 bits per heavy atom. The van der Waals surface area contributed by atoms with E-state index in [-0.39, 0.29) is 5.56 Å². The fourth-order valence-corrected chi connectivity index (χ4v) is 2.16. The molecule has 0 amide bonds. The minimum Gasteiger partial charge on any atom is -0.478 e. The zero-order valence-electron chi connectivity index (χ0n) is 11.9. The van der Waals surface area contributed by atoms with E-state index in [0.717, 1.165) is 36.3 Å². The highest BCUT2D eigenvalue weighted by Gasteiger charge is 2.10. The first-order valence-corrected chi connectivity index (χ1v) is 6.91. The van der Waals surface area contributed by atoms with Crippen LogP contribution in [0.2, 0.25) is 0 Å². The Kier molecular flexibility index (Phi) is 4.74. The van der Waals surface area contributed by atoms with E-state index in [1.54, 1.807) is 18.2 Å². The zero-order valence-corrected chi connectivity index (χ0v) is 11.9. The molecule has 0 atom stereocenters. The number of aryl methyl sites for hydroxylation is 1. The number of nitrogens with zero attached hydrogens (tertiary/aromatic N) is 2. The molecule has 108 valence electrons. The minimum absolute atomic E-state index is 0.283. The number of carboxylic acid groups (broad SMARTS) is 1. The number of aromatic carboxylic acids is 1. The van der Waals surface area contributed by atoms with Crippen LogP contribution in [0.15, 0.2) is 18.2 Å². The van der Waals surface area contributed by atoms with Crippen molar-refractivity contribution in [1.29, 1.82) is 0 Å². The summed E-state index contributed by atoms with van der Waals surface area (Å²) in [6.45, 7) is 6.12. The number of hydrogen-bond donors (Lipinski definition) is 1. The van der Waals surface area contributed by atoms with E-state index in [1.807, 2.05) is 11.5 Å². The van der Waals surface area contributed by atoms with Crippen molar-refractivity contribution in [2.45, 2.75) is 33.2 Å². The third-order valence-electron chi connectivity index (χ3n) is 3.29. The fraction of sp³-hybridized carbons (Fsp3) is 0.467. The van der Waals surface area contributed by atoms with Gasteiger partial charge in [0.2, 0.25) is 0 Å². The van der Waals surface area contributed by atoms with E-state index in [4.69, 9.17) is 9.84 Å². The largest absolute Gasteiger partial charge is 0.478 e. The summed E-state index contributed by atoms with van der Waals surface area (Å²) >= 11 is 0. The molecule has 5 nitrogen and oxygen atoms in total. The van der Waals surface area contributed by atoms with Crippen LogP contribution in [-0.4, -0.2) is 33.8 Å². The molecule has 1 N–H and O–H groups in total. The summed E-state index contributed by atoms with van der Waals surface area (Å²) in [7, 11) is 0. The molecular formula is C15H20N2O3. The van der Waals surface area contributed by atoms with Gasteiger partial charge >= 0.3 is 5.97 Å². The molecule has 0 saturated heterocycles. The number of carboxylic acids is 1. The van der Waals surface area contributed by atoms with Gasteiger partial charge in [0.05, 0.1) is 23.2 Å². The Bertz CT molecular complexity index is 604. The van der Waals surface area contributed by atoms with Crippen LogP contribution in [0.4, 0.5) is 0 Å². The van der Waals surface area contributed by atoms with Crippen LogP contribution in [-0.2, 0) is 11.3 Å². The number of aromatic nitrogens is 2. The van der Waals surface area contributed by atoms with Crippen molar-refractivity contribution >= 4 is 17.0 Å². The number of fused-ring (bicyclic) bond motifs is 1. The van der Waals surface area contributed by atoms with Gasteiger partial charge in [0, 0.05) is 13.2 Å². The van der Waals surface area contributed by atoms with Gasteiger partial charge < -0.3 is 14.4 Å². The highest BCUT2D eigenvalue weighted by atomic mass is 16.5. The predicted octanol–water partition coefficient (Wildman–Crippen LogP) is 2.86. The molecule has 5 heteroatoms. The molecule has 0 fully saturated rings. The predicted molar refractivity (Wildman–Crippen MR) is 77.2 cm³/mol. The molecule has 1 aromatic carbocycles. The van der Waals surface area contributed by atoms with Crippen LogP contribution in [0.1, 0.15) is 35.9 Å². The molecule has 20 heavy (non-hydrogen) atoms. The molecule has 2 aromatic rings. The first-order valence-electron chi connectivity index (χ1n) is 6.91. The molecule has 0 radical (unpaired) electrons. The number of rotatable bonds is 7. The lowest BCUT2D eigenvalue weighted by atomic mass is 10.2. The topological polar surface area (TPSA) is 64.4 Å². The third kappa shape index (κ3) is 3.17. The summed E-state index contributed by atoms with van der Waals surface area (Å²) in [6, 6.07) is 5.00. The van der Waals surface area contributed by atoms with Crippen molar-refractivity contribution in [3.63, 3.8) is 0 Å². The van der Waals surface area contributed by atoms with Crippen LogP contribution >= 0.6 is 0 Å².